The monoisotopic (exact) mass is 792 g/mol. The smallest absolute Gasteiger partial charge is 0.328 e. The number of hydrogen-bond donors (Lipinski definition) is 3. The molecule has 0 saturated carbocycles. The highest BCUT2D eigenvalue weighted by molar-refractivity contribution is 6.01. The fourth-order valence-corrected chi connectivity index (χ4v) is 6.27. The number of benzene rings is 2. The Balaban J connectivity index is 0.000000301. The molecule has 2 aromatic rings. The number of nitrogens with zero attached hydrogens (tertiary/aromatic N) is 4. The Morgan fingerprint density at radius 2 is 1.18 bits per heavy atom. The number of aliphatic hydroxyl groups is 3. The number of carbonyl (C=O) groups is 3. The summed E-state index contributed by atoms with van der Waals surface area (Å²) in [5.41, 5.74) is -1.18. The van der Waals surface area contributed by atoms with Crippen LogP contribution in [0.15, 0.2) is 24.3 Å². The molecule has 2 aliphatic heterocycles. The molecule has 19 heteroatoms. The average molecular weight is 793 g/mol. The van der Waals surface area contributed by atoms with Gasteiger partial charge in [-0.1, -0.05) is 26.7 Å². The quantitative estimate of drug-likeness (QED) is 0.0949. The van der Waals surface area contributed by atoms with Crippen LogP contribution in [0.1, 0.15) is 85.9 Å². The van der Waals surface area contributed by atoms with E-state index in [9.17, 15) is 49.9 Å². The lowest BCUT2D eigenvalue weighted by atomic mass is 9.98. The normalized spacial score (nSPS) is 19.2. The van der Waals surface area contributed by atoms with Crippen molar-refractivity contribution in [1.29, 1.82) is 0 Å². The number of nitro benzene ring substituents is 2. The van der Waals surface area contributed by atoms with Crippen LogP contribution in [0.5, 0.6) is 23.0 Å². The van der Waals surface area contributed by atoms with Gasteiger partial charge in [-0.2, -0.15) is 0 Å². The number of unbranched alkanes of at least 4 members (excludes halogenated alkanes) is 2. The molecule has 2 aliphatic rings. The number of rotatable bonds is 16. The summed E-state index contributed by atoms with van der Waals surface area (Å²) >= 11 is 0. The zero-order valence-corrected chi connectivity index (χ0v) is 32.3. The lowest BCUT2D eigenvalue weighted by molar-refractivity contribution is -0.385. The number of piperidine rings is 2. The van der Waals surface area contributed by atoms with Gasteiger partial charge in [0.2, 0.25) is 0 Å². The molecule has 3 N–H and O–H groups in total. The third-order valence-corrected chi connectivity index (χ3v) is 9.40. The molecule has 310 valence electrons. The summed E-state index contributed by atoms with van der Waals surface area (Å²) in [6.45, 7) is 4.66. The van der Waals surface area contributed by atoms with Crippen molar-refractivity contribution in [1.82, 2.24) is 9.80 Å². The molecule has 4 atom stereocenters. The second-order valence-electron chi connectivity index (χ2n) is 13.2. The van der Waals surface area contributed by atoms with E-state index in [1.165, 1.54) is 49.3 Å². The highest BCUT2D eigenvalue weighted by atomic mass is 16.6. The van der Waals surface area contributed by atoms with Crippen LogP contribution in [0.3, 0.4) is 0 Å². The van der Waals surface area contributed by atoms with E-state index in [1.54, 1.807) is 0 Å². The predicted molar refractivity (Wildman–Crippen MR) is 199 cm³/mol. The summed E-state index contributed by atoms with van der Waals surface area (Å²) in [6.07, 6.45) is 2.80. The standard InChI is InChI=1S/C19H26N2O8.C18H26N2O7/c1-4-5-8-29-17-11-14(21(25)26)13(10-16(17)27-2)18(23)20-7-6-12(22)9-15(20)19(24)28-3;1-3-4-7-27-17-10-15(20(24)25)14(9-16(17)26-2)18(23)19-6-5-13(22)8-12(19)11-21/h10-12,15,22H,4-9H2,1-3H3;9-10,12-13,21-22H,3-8,11H2,1-2H3/t12-,15-;12-,13-/m00/s1. The van der Waals surface area contributed by atoms with Crippen molar-refractivity contribution in [2.45, 2.75) is 89.5 Å². The third kappa shape index (κ3) is 11.4. The summed E-state index contributed by atoms with van der Waals surface area (Å²) < 4.78 is 26.4. The van der Waals surface area contributed by atoms with Gasteiger partial charge in [-0.25, -0.2) is 4.79 Å². The molecular weight excluding hydrogens is 740 g/mol. The van der Waals surface area contributed by atoms with E-state index >= 15 is 0 Å². The van der Waals surface area contributed by atoms with Crippen LogP contribution in [0.4, 0.5) is 11.4 Å². The number of likely N-dealkylation sites (tertiary alicyclic amines) is 2. The van der Waals surface area contributed by atoms with Gasteiger partial charge in [0.15, 0.2) is 23.0 Å². The van der Waals surface area contributed by atoms with E-state index in [2.05, 4.69) is 0 Å². The first-order chi connectivity index (χ1) is 26.8. The maximum atomic E-state index is 13.1. The highest BCUT2D eigenvalue weighted by Gasteiger charge is 2.39. The molecule has 19 nitrogen and oxygen atoms in total. The van der Waals surface area contributed by atoms with Gasteiger partial charge in [-0.15, -0.1) is 0 Å². The molecule has 2 amide bonds. The van der Waals surface area contributed by atoms with Crippen molar-refractivity contribution < 1.29 is 63.2 Å². The maximum absolute atomic E-state index is 13.1. The van der Waals surface area contributed by atoms with Gasteiger partial charge in [0.25, 0.3) is 23.2 Å². The molecule has 0 radical (unpaired) electrons. The molecule has 56 heavy (non-hydrogen) atoms. The SMILES string of the molecule is CCCCOc1cc([N+](=O)[O-])c(C(=O)N2CC[C@H](O)C[C@H]2C(=O)OC)cc1OC.CCCCOc1cc([N+](=O)[O-])c(C(=O)N2CC[C@H](O)C[C@H]2CO)cc1OC. The van der Waals surface area contributed by atoms with Gasteiger partial charge in [-0.05, 0) is 32.1 Å². The number of methoxy groups -OCH3 is 3. The molecule has 0 spiro atoms. The van der Waals surface area contributed by atoms with E-state index in [-0.39, 0.29) is 78.8 Å². The van der Waals surface area contributed by atoms with Crippen molar-refractivity contribution >= 4 is 29.2 Å². The molecule has 2 heterocycles. The van der Waals surface area contributed by atoms with Crippen molar-refractivity contribution in [3.63, 3.8) is 0 Å². The van der Waals surface area contributed by atoms with Crippen LogP contribution < -0.4 is 18.9 Å². The lowest BCUT2D eigenvalue weighted by Gasteiger charge is -2.36. The second-order valence-corrected chi connectivity index (χ2v) is 13.2. The largest absolute Gasteiger partial charge is 0.493 e. The Kier molecular flexibility index (Phi) is 17.5. The third-order valence-electron chi connectivity index (χ3n) is 9.40. The highest BCUT2D eigenvalue weighted by Crippen LogP contribution is 2.38. The molecule has 2 saturated heterocycles. The summed E-state index contributed by atoms with van der Waals surface area (Å²) in [4.78, 5) is 62.6. The maximum Gasteiger partial charge on any atom is 0.328 e. The molecule has 2 fully saturated rings. The zero-order chi connectivity index (χ0) is 41.5. The average Bonchev–Trinajstić information content (AvgIpc) is 3.19. The van der Waals surface area contributed by atoms with E-state index in [1.807, 2.05) is 13.8 Å². The minimum Gasteiger partial charge on any atom is -0.493 e. The van der Waals surface area contributed by atoms with Gasteiger partial charge in [-0.3, -0.25) is 29.8 Å². The van der Waals surface area contributed by atoms with Crippen molar-refractivity contribution in [2.75, 3.05) is 54.2 Å². The molecule has 0 unspecified atom stereocenters. The molecule has 0 aliphatic carbocycles. The van der Waals surface area contributed by atoms with Gasteiger partial charge < -0.3 is 48.8 Å². The van der Waals surface area contributed by atoms with Crippen LogP contribution in [-0.4, -0.2) is 131 Å². The minimum absolute atomic E-state index is 0.00155. The van der Waals surface area contributed by atoms with E-state index in [0.29, 0.717) is 19.6 Å². The van der Waals surface area contributed by atoms with Gasteiger partial charge >= 0.3 is 5.97 Å². The fraction of sp³-hybridized carbons (Fsp3) is 0.595. The lowest BCUT2D eigenvalue weighted by Crippen LogP contribution is -2.51. The van der Waals surface area contributed by atoms with Gasteiger partial charge in [0, 0.05) is 31.6 Å². The summed E-state index contributed by atoms with van der Waals surface area (Å²) in [5.74, 6) is -1.18. The molecule has 0 bridgehead atoms. The van der Waals surface area contributed by atoms with E-state index in [4.69, 9.17) is 23.7 Å². The van der Waals surface area contributed by atoms with Crippen LogP contribution in [0.25, 0.3) is 0 Å². The molecule has 0 aromatic heterocycles. The number of carbonyl (C=O) groups excluding carboxylic acids is 3. The molecule has 4 rings (SSSR count). The van der Waals surface area contributed by atoms with Crippen molar-refractivity contribution in [3.05, 3.63) is 55.6 Å². The minimum atomic E-state index is -1.03. The summed E-state index contributed by atoms with van der Waals surface area (Å²) in [6, 6.07) is 3.31. The first-order valence-electron chi connectivity index (χ1n) is 18.4. The van der Waals surface area contributed by atoms with E-state index < -0.39 is 57.6 Å². The number of aliphatic hydroxyl groups excluding tert-OH is 3. The first kappa shape index (κ1) is 45.1. The number of amides is 2. The number of hydrogen-bond acceptors (Lipinski definition) is 15. The zero-order valence-electron chi connectivity index (χ0n) is 32.3. The molecule has 2 aromatic carbocycles. The molecular formula is C37H52N4O15. The van der Waals surface area contributed by atoms with Crippen LogP contribution in [-0.2, 0) is 9.53 Å². The van der Waals surface area contributed by atoms with Crippen LogP contribution in [0.2, 0.25) is 0 Å². The Bertz CT molecular complexity index is 1690. The Hall–Kier alpha value is -5.27. The van der Waals surface area contributed by atoms with Gasteiger partial charge in [0.05, 0.1) is 81.4 Å². The predicted octanol–water partition coefficient (Wildman–Crippen LogP) is 3.66. The number of nitro groups is 2. The van der Waals surface area contributed by atoms with Crippen LogP contribution in [0, 0.1) is 20.2 Å². The topological polar surface area (TPSA) is 251 Å². The Morgan fingerprint density at radius 3 is 1.59 bits per heavy atom. The van der Waals surface area contributed by atoms with Crippen LogP contribution >= 0.6 is 0 Å². The van der Waals surface area contributed by atoms with Gasteiger partial charge in [0.1, 0.15) is 17.2 Å². The Morgan fingerprint density at radius 1 is 0.732 bits per heavy atom. The second kappa shape index (κ2) is 21.7. The van der Waals surface area contributed by atoms with Crippen molar-refractivity contribution in [3.8, 4) is 23.0 Å². The first-order valence-corrected chi connectivity index (χ1v) is 18.4. The Labute approximate surface area is 324 Å². The number of esters is 1. The fourth-order valence-electron chi connectivity index (χ4n) is 6.27. The van der Waals surface area contributed by atoms with E-state index in [0.717, 1.165) is 31.7 Å². The summed E-state index contributed by atoms with van der Waals surface area (Å²) in [5, 5.41) is 52.3. The number of ether oxygens (including phenoxy) is 5. The van der Waals surface area contributed by atoms with Crippen molar-refractivity contribution in [2.24, 2.45) is 0 Å². The summed E-state index contributed by atoms with van der Waals surface area (Å²) in [7, 11) is 3.95.